The van der Waals surface area contributed by atoms with E-state index in [2.05, 4.69) is 9.88 Å². The molecule has 6 nitrogen and oxygen atoms in total. The number of amides is 2. The lowest BCUT2D eigenvalue weighted by Gasteiger charge is -2.35. The Hall–Kier alpha value is -1.95. The number of pyridine rings is 1. The van der Waals surface area contributed by atoms with E-state index in [1.807, 2.05) is 34.3 Å². The summed E-state index contributed by atoms with van der Waals surface area (Å²) in [5, 5.41) is 0. The zero-order chi connectivity index (χ0) is 16.5. The predicted molar refractivity (Wildman–Crippen MR) is 88.9 cm³/mol. The van der Waals surface area contributed by atoms with Crippen LogP contribution in [0.4, 0.5) is 0 Å². The van der Waals surface area contributed by atoms with Gasteiger partial charge in [-0.25, -0.2) is 0 Å². The maximum atomic E-state index is 12.7. The van der Waals surface area contributed by atoms with Crippen molar-refractivity contribution in [2.24, 2.45) is 5.92 Å². The van der Waals surface area contributed by atoms with E-state index in [1.54, 1.807) is 0 Å². The van der Waals surface area contributed by atoms with Crippen LogP contribution < -0.4 is 0 Å². The van der Waals surface area contributed by atoms with Crippen molar-refractivity contribution in [2.75, 3.05) is 32.7 Å². The second-order valence-corrected chi connectivity index (χ2v) is 7.14. The molecule has 6 heteroatoms. The van der Waals surface area contributed by atoms with Crippen molar-refractivity contribution in [3.8, 4) is 0 Å². The molecule has 1 aromatic rings. The highest BCUT2D eigenvalue weighted by molar-refractivity contribution is 5.89. The number of likely N-dealkylation sites (tertiary alicyclic amines) is 1. The molecular formula is C18H24N4O2. The fourth-order valence-corrected chi connectivity index (χ4v) is 3.77. The number of hydrogen-bond acceptors (Lipinski definition) is 4. The van der Waals surface area contributed by atoms with Gasteiger partial charge in [-0.3, -0.25) is 19.5 Å². The van der Waals surface area contributed by atoms with Crippen LogP contribution in [0.25, 0.3) is 0 Å². The minimum absolute atomic E-state index is 0.121. The van der Waals surface area contributed by atoms with Crippen LogP contribution in [-0.2, 0) is 16.1 Å². The maximum absolute atomic E-state index is 12.7. The fraction of sp³-hybridized carbons (Fsp3) is 0.611. The monoisotopic (exact) mass is 328 g/mol. The molecule has 1 saturated carbocycles. The summed E-state index contributed by atoms with van der Waals surface area (Å²) < 4.78 is 0. The van der Waals surface area contributed by atoms with Crippen molar-refractivity contribution in [3.63, 3.8) is 0 Å². The molecule has 1 aliphatic carbocycles. The van der Waals surface area contributed by atoms with E-state index >= 15 is 0 Å². The summed E-state index contributed by atoms with van der Waals surface area (Å²) in [4.78, 5) is 35.1. The molecule has 3 fully saturated rings. The summed E-state index contributed by atoms with van der Waals surface area (Å²) in [6, 6.07) is 4.50. The first-order chi connectivity index (χ1) is 11.7. The molecule has 24 heavy (non-hydrogen) atoms. The molecule has 0 spiro atoms. The first-order valence-electron chi connectivity index (χ1n) is 8.90. The van der Waals surface area contributed by atoms with E-state index in [0.717, 1.165) is 45.6 Å². The van der Waals surface area contributed by atoms with E-state index in [-0.39, 0.29) is 17.7 Å². The lowest BCUT2D eigenvalue weighted by Crippen LogP contribution is -2.50. The molecule has 2 saturated heterocycles. The molecule has 2 aliphatic heterocycles. The lowest BCUT2D eigenvalue weighted by atomic mass is 10.1. The van der Waals surface area contributed by atoms with Gasteiger partial charge in [-0.05, 0) is 30.5 Å². The van der Waals surface area contributed by atoms with Crippen molar-refractivity contribution < 1.29 is 9.59 Å². The average molecular weight is 328 g/mol. The Kier molecular flexibility index (Phi) is 4.22. The number of nitrogens with zero attached hydrogens (tertiary/aromatic N) is 4. The van der Waals surface area contributed by atoms with Gasteiger partial charge in [0.05, 0.1) is 5.92 Å². The fourth-order valence-electron chi connectivity index (χ4n) is 3.77. The van der Waals surface area contributed by atoms with Crippen molar-refractivity contribution in [1.29, 1.82) is 0 Å². The first kappa shape index (κ1) is 15.6. The standard InChI is InChI=1S/C18H24N4O2/c23-17-11-15(13-22(17)16-1-2-16)18(24)21-9-7-20(8-10-21)12-14-3-5-19-6-4-14/h3-6,15-16H,1-2,7-13H2/t15-/m0/s1. The molecule has 0 aromatic carbocycles. The normalized spacial score (nSPS) is 25.3. The van der Waals surface area contributed by atoms with Crippen molar-refractivity contribution >= 4 is 11.8 Å². The molecule has 0 unspecified atom stereocenters. The Bertz CT molecular complexity index is 609. The molecule has 4 rings (SSSR count). The molecular weight excluding hydrogens is 304 g/mol. The summed E-state index contributed by atoms with van der Waals surface area (Å²) in [6.07, 6.45) is 6.27. The number of carbonyl (C=O) groups is 2. The van der Waals surface area contributed by atoms with E-state index in [4.69, 9.17) is 0 Å². The van der Waals surface area contributed by atoms with Gasteiger partial charge in [0.15, 0.2) is 0 Å². The number of hydrogen-bond donors (Lipinski definition) is 0. The summed E-state index contributed by atoms with van der Waals surface area (Å²) in [5.41, 5.74) is 1.26. The van der Waals surface area contributed by atoms with Crippen LogP contribution in [0.5, 0.6) is 0 Å². The zero-order valence-corrected chi connectivity index (χ0v) is 13.9. The zero-order valence-electron chi connectivity index (χ0n) is 13.9. The van der Waals surface area contributed by atoms with Crippen LogP contribution in [0.1, 0.15) is 24.8 Å². The van der Waals surface area contributed by atoms with Crippen molar-refractivity contribution in [1.82, 2.24) is 19.7 Å². The smallest absolute Gasteiger partial charge is 0.228 e. The van der Waals surface area contributed by atoms with Gasteiger partial charge in [-0.2, -0.15) is 0 Å². The molecule has 0 N–H and O–H groups in total. The van der Waals surface area contributed by atoms with Gasteiger partial charge in [0.25, 0.3) is 0 Å². The number of piperazine rings is 1. The molecule has 128 valence electrons. The Morgan fingerprint density at radius 2 is 1.83 bits per heavy atom. The predicted octanol–water partition coefficient (Wildman–Crippen LogP) is 0.737. The van der Waals surface area contributed by atoms with Crippen LogP contribution in [-0.4, -0.2) is 70.3 Å². The minimum Gasteiger partial charge on any atom is -0.340 e. The van der Waals surface area contributed by atoms with E-state index < -0.39 is 0 Å². The van der Waals surface area contributed by atoms with E-state index in [0.29, 0.717) is 19.0 Å². The molecule has 3 heterocycles. The molecule has 0 radical (unpaired) electrons. The molecule has 1 aromatic heterocycles. The third kappa shape index (κ3) is 3.29. The van der Waals surface area contributed by atoms with Crippen LogP contribution in [0.15, 0.2) is 24.5 Å². The van der Waals surface area contributed by atoms with Crippen LogP contribution in [0, 0.1) is 5.92 Å². The van der Waals surface area contributed by atoms with Gasteiger partial charge < -0.3 is 9.80 Å². The second kappa shape index (κ2) is 6.51. The number of carbonyl (C=O) groups excluding carboxylic acids is 2. The summed E-state index contributed by atoms with van der Waals surface area (Å²) in [6.45, 7) is 4.85. The third-order valence-corrected chi connectivity index (χ3v) is 5.33. The van der Waals surface area contributed by atoms with Crippen molar-refractivity contribution in [3.05, 3.63) is 30.1 Å². The third-order valence-electron chi connectivity index (χ3n) is 5.33. The summed E-state index contributed by atoms with van der Waals surface area (Å²) in [5.74, 6) is 0.229. The molecule has 2 amide bonds. The van der Waals surface area contributed by atoms with Crippen LogP contribution >= 0.6 is 0 Å². The average Bonchev–Trinajstić information content (AvgIpc) is 3.38. The van der Waals surface area contributed by atoms with Gasteiger partial charge in [0.1, 0.15) is 0 Å². The van der Waals surface area contributed by atoms with E-state index in [9.17, 15) is 9.59 Å². The highest BCUT2D eigenvalue weighted by atomic mass is 16.2. The Labute approximate surface area is 142 Å². The van der Waals surface area contributed by atoms with Gasteiger partial charge in [-0.15, -0.1) is 0 Å². The largest absolute Gasteiger partial charge is 0.340 e. The highest BCUT2D eigenvalue weighted by Crippen LogP contribution is 2.33. The topological polar surface area (TPSA) is 56.8 Å². The van der Waals surface area contributed by atoms with Crippen LogP contribution in [0.2, 0.25) is 0 Å². The van der Waals surface area contributed by atoms with Crippen molar-refractivity contribution in [2.45, 2.75) is 31.8 Å². The number of aromatic nitrogens is 1. The second-order valence-electron chi connectivity index (χ2n) is 7.14. The molecule has 1 atom stereocenters. The molecule has 0 bridgehead atoms. The Morgan fingerprint density at radius 1 is 1.12 bits per heavy atom. The lowest BCUT2D eigenvalue weighted by molar-refractivity contribution is -0.137. The SMILES string of the molecule is O=C([C@H]1CC(=O)N(C2CC2)C1)N1CCN(Cc2ccncc2)CC1. The summed E-state index contributed by atoms with van der Waals surface area (Å²) in [7, 11) is 0. The van der Waals surface area contributed by atoms with Gasteiger partial charge in [0, 0.05) is 64.1 Å². The summed E-state index contributed by atoms with van der Waals surface area (Å²) >= 11 is 0. The van der Waals surface area contributed by atoms with Crippen LogP contribution in [0.3, 0.4) is 0 Å². The highest BCUT2D eigenvalue weighted by Gasteiger charge is 2.43. The Morgan fingerprint density at radius 3 is 2.50 bits per heavy atom. The quantitative estimate of drug-likeness (QED) is 0.818. The number of rotatable bonds is 4. The molecule has 3 aliphatic rings. The van der Waals surface area contributed by atoms with Gasteiger partial charge in [-0.1, -0.05) is 0 Å². The first-order valence-corrected chi connectivity index (χ1v) is 8.90. The van der Waals surface area contributed by atoms with Gasteiger partial charge >= 0.3 is 0 Å². The maximum Gasteiger partial charge on any atom is 0.228 e. The van der Waals surface area contributed by atoms with E-state index in [1.165, 1.54) is 5.56 Å². The Balaban J connectivity index is 1.28. The van der Waals surface area contributed by atoms with Gasteiger partial charge in [0.2, 0.25) is 11.8 Å². The minimum atomic E-state index is -0.121.